The van der Waals surface area contributed by atoms with E-state index in [1.165, 1.54) is 11.1 Å². The first-order valence-corrected chi connectivity index (χ1v) is 8.49. The number of halogens is 1. The Morgan fingerprint density at radius 2 is 2.00 bits per heavy atom. The van der Waals surface area contributed by atoms with E-state index in [0.717, 1.165) is 33.6 Å². The van der Waals surface area contributed by atoms with Gasteiger partial charge in [0.2, 0.25) is 5.91 Å². The lowest BCUT2D eigenvalue weighted by molar-refractivity contribution is -0.120. The van der Waals surface area contributed by atoms with E-state index in [-0.39, 0.29) is 5.91 Å². The minimum atomic E-state index is 0.0520. The molecule has 0 bridgehead atoms. The second kappa shape index (κ2) is 7.10. The first kappa shape index (κ1) is 16.6. The van der Waals surface area contributed by atoms with Gasteiger partial charge in [0.05, 0.1) is 6.42 Å². The van der Waals surface area contributed by atoms with E-state index in [1.54, 1.807) is 0 Å². The van der Waals surface area contributed by atoms with E-state index in [2.05, 4.69) is 17.2 Å². The summed E-state index contributed by atoms with van der Waals surface area (Å²) in [5.41, 5.74) is 5.63. The normalized spacial score (nSPS) is 11.0. The number of aromatic amines is 1. The third kappa shape index (κ3) is 3.80. The maximum absolute atomic E-state index is 12.1. The minimum Gasteiger partial charge on any atom is -0.358 e. The van der Waals surface area contributed by atoms with Gasteiger partial charge in [0.1, 0.15) is 0 Å². The average Bonchev–Trinajstić information content (AvgIpc) is 2.83. The van der Waals surface area contributed by atoms with Crippen LogP contribution in [0, 0.1) is 13.8 Å². The molecule has 124 valence electrons. The van der Waals surface area contributed by atoms with Crippen molar-refractivity contribution < 1.29 is 4.79 Å². The first-order valence-electron chi connectivity index (χ1n) is 8.12. The van der Waals surface area contributed by atoms with Crippen molar-refractivity contribution in [3.05, 3.63) is 69.9 Å². The second-order valence-electron chi connectivity index (χ2n) is 6.18. The lowest BCUT2D eigenvalue weighted by Gasteiger charge is -2.07. The van der Waals surface area contributed by atoms with Crippen molar-refractivity contribution in [2.45, 2.75) is 26.7 Å². The molecule has 1 heterocycles. The maximum Gasteiger partial charge on any atom is 0.224 e. The topological polar surface area (TPSA) is 44.9 Å². The Kier molecular flexibility index (Phi) is 4.91. The molecule has 0 aliphatic heterocycles. The Labute approximate surface area is 147 Å². The maximum atomic E-state index is 12.1. The van der Waals surface area contributed by atoms with Crippen molar-refractivity contribution in [1.82, 2.24) is 10.3 Å². The number of rotatable bonds is 5. The van der Waals surface area contributed by atoms with Crippen LogP contribution in [0.3, 0.4) is 0 Å². The molecule has 2 aromatic carbocycles. The monoisotopic (exact) mass is 340 g/mol. The third-order valence-electron chi connectivity index (χ3n) is 4.23. The Balaban J connectivity index is 1.61. The molecule has 4 heteroatoms. The summed E-state index contributed by atoms with van der Waals surface area (Å²) in [6, 6.07) is 13.9. The van der Waals surface area contributed by atoms with Gasteiger partial charge in [0.15, 0.2) is 0 Å². The molecule has 0 atom stereocenters. The Morgan fingerprint density at radius 1 is 1.17 bits per heavy atom. The lowest BCUT2D eigenvalue weighted by atomic mass is 10.1. The number of fused-ring (bicyclic) bond motifs is 1. The first-order chi connectivity index (χ1) is 11.5. The molecular formula is C20H21ClN2O. The zero-order chi connectivity index (χ0) is 17.1. The van der Waals surface area contributed by atoms with Gasteiger partial charge in [-0.25, -0.2) is 0 Å². The fourth-order valence-electron chi connectivity index (χ4n) is 3.07. The third-order valence-corrected chi connectivity index (χ3v) is 4.46. The summed E-state index contributed by atoms with van der Waals surface area (Å²) < 4.78 is 0. The van der Waals surface area contributed by atoms with Crippen molar-refractivity contribution in [1.29, 1.82) is 0 Å². The highest BCUT2D eigenvalue weighted by atomic mass is 35.5. The number of aryl methyl sites for hydroxylation is 2. The minimum absolute atomic E-state index is 0.0520. The fraction of sp³-hybridized carbons (Fsp3) is 0.250. The van der Waals surface area contributed by atoms with E-state index in [9.17, 15) is 4.79 Å². The van der Waals surface area contributed by atoms with Crippen LogP contribution in [0.1, 0.15) is 22.4 Å². The largest absolute Gasteiger partial charge is 0.358 e. The van der Waals surface area contributed by atoms with E-state index in [0.29, 0.717) is 13.0 Å². The van der Waals surface area contributed by atoms with Crippen LogP contribution in [0.15, 0.2) is 42.5 Å². The number of nitrogens with one attached hydrogen (secondary N) is 2. The fourth-order valence-corrected chi connectivity index (χ4v) is 3.25. The molecule has 0 aliphatic rings. The Bertz CT molecular complexity index is 882. The van der Waals surface area contributed by atoms with E-state index in [4.69, 9.17) is 11.6 Å². The SMILES string of the molecule is Cc1cccc(CC(=O)NCCc2c(C)[nH]c3ccc(Cl)cc23)c1. The van der Waals surface area contributed by atoms with Crippen LogP contribution in [0.25, 0.3) is 10.9 Å². The van der Waals surface area contributed by atoms with Crippen LogP contribution >= 0.6 is 11.6 Å². The highest BCUT2D eigenvalue weighted by molar-refractivity contribution is 6.31. The summed E-state index contributed by atoms with van der Waals surface area (Å²) >= 11 is 6.10. The highest BCUT2D eigenvalue weighted by Gasteiger charge is 2.10. The molecule has 3 aromatic rings. The molecule has 0 aliphatic carbocycles. The van der Waals surface area contributed by atoms with Gasteiger partial charge in [-0.15, -0.1) is 0 Å². The van der Waals surface area contributed by atoms with Crippen LogP contribution in [-0.4, -0.2) is 17.4 Å². The molecule has 0 unspecified atom stereocenters. The molecule has 24 heavy (non-hydrogen) atoms. The number of hydrogen-bond donors (Lipinski definition) is 2. The number of hydrogen-bond acceptors (Lipinski definition) is 1. The summed E-state index contributed by atoms with van der Waals surface area (Å²) in [4.78, 5) is 15.5. The van der Waals surface area contributed by atoms with Crippen LogP contribution in [0.2, 0.25) is 5.02 Å². The van der Waals surface area contributed by atoms with E-state index < -0.39 is 0 Å². The molecule has 0 saturated heterocycles. The predicted octanol–water partition coefficient (Wildman–Crippen LogP) is 4.34. The van der Waals surface area contributed by atoms with Crippen molar-refractivity contribution in [2.75, 3.05) is 6.54 Å². The number of carbonyl (C=O) groups is 1. The van der Waals surface area contributed by atoms with Gasteiger partial charge >= 0.3 is 0 Å². The second-order valence-corrected chi connectivity index (χ2v) is 6.62. The quantitative estimate of drug-likeness (QED) is 0.713. The Morgan fingerprint density at radius 3 is 2.79 bits per heavy atom. The van der Waals surface area contributed by atoms with Gasteiger partial charge in [0.25, 0.3) is 0 Å². The molecule has 0 radical (unpaired) electrons. The number of H-pyrrole nitrogens is 1. The van der Waals surface area contributed by atoms with Crippen molar-refractivity contribution >= 4 is 28.4 Å². The highest BCUT2D eigenvalue weighted by Crippen LogP contribution is 2.25. The summed E-state index contributed by atoms with van der Waals surface area (Å²) in [6.45, 7) is 4.70. The summed E-state index contributed by atoms with van der Waals surface area (Å²) in [7, 11) is 0. The molecule has 0 fully saturated rings. The zero-order valence-electron chi connectivity index (χ0n) is 13.9. The molecule has 1 aromatic heterocycles. The predicted molar refractivity (Wildman–Crippen MR) is 99.6 cm³/mol. The molecule has 2 N–H and O–H groups in total. The van der Waals surface area contributed by atoms with Crippen LogP contribution in [-0.2, 0) is 17.6 Å². The van der Waals surface area contributed by atoms with Crippen molar-refractivity contribution in [3.63, 3.8) is 0 Å². The van der Waals surface area contributed by atoms with Crippen molar-refractivity contribution in [2.24, 2.45) is 0 Å². The van der Waals surface area contributed by atoms with Crippen LogP contribution < -0.4 is 5.32 Å². The van der Waals surface area contributed by atoms with Gasteiger partial charge in [0, 0.05) is 28.2 Å². The zero-order valence-corrected chi connectivity index (χ0v) is 14.7. The average molecular weight is 341 g/mol. The summed E-state index contributed by atoms with van der Waals surface area (Å²) in [5, 5.41) is 4.87. The van der Waals surface area contributed by atoms with Crippen LogP contribution in [0.4, 0.5) is 0 Å². The summed E-state index contributed by atoms with van der Waals surface area (Å²) in [6.07, 6.45) is 1.20. The van der Waals surface area contributed by atoms with Crippen molar-refractivity contribution in [3.8, 4) is 0 Å². The number of aromatic nitrogens is 1. The molecule has 0 spiro atoms. The number of benzene rings is 2. The standard InChI is InChI=1S/C20H21ClN2O/c1-13-4-3-5-15(10-13)11-20(24)22-9-8-17-14(2)23-19-7-6-16(21)12-18(17)19/h3-7,10,12,23H,8-9,11H2,1-2H3,(H,22,24). The molecule has 0 saturated carbocycles. The van der Waals surface area contributed by atoms with Gasteiger partial charge < -0.3 is 10.3 Å². The van der Waals surface area contributed by atoms with Gasteiger partial charge in [-0.05, 0) is 49.6 Å². The van der Waals surface area contributed by atoms with Gasteiger partial charge in [-0.2, -0.15) is 0 Å². The van der Waals surface area contributed by atoms with Gasteiger partial charge in [-0.1, -0.05) is 41.4 Å². The van der Waals surface area contributed by atoms with Gasteiger partial charge in [-0.3, -0.25) is 4.79 Å². The van der Waals surface area contributed by atoms with E-state index >= 15 is 0 Å². The smallest absolute Gasteiger partial charge is 0.224 e. The Hall–Kier alpha value is -2.26. The number of amides is 1. The molecular weight excluding hydrogens is 320 g/mol. The molecule has 3 nitrogen and oxygen atoms in total. The number of carbonyl (C=O) groups excluding carboxylic acids is 1. The molecule has 1 amide bonds. The summed E-state index contributed by atoms with van der Waals surface area (Å²) in [5.74, 6) is 0.0520. The van der Waals surface area contributed by atoms with Crippen LogP contribution in [0.5, 0.6) is 0 Å². The van der Waals surface area contributed by atoms with E-state index in [1.807, 2.05) is 49.4 Å². The lowest BCUT2D eigenvalue weighted by Crippen LogP contribution is -2.27. The molecule has 3 rings (SSSR count).